The molecule has 0 aliphatic carbocycles. The van der Waals surface area contributed by atoms with Gasteiger partial charge in [-0.1, -0.05) is 91.0 Å². The topological polar surface area (TPSA) is 40.5 Å². The van der Waals surface area contributed by atoms with Gasteiger partial charge in [0.25, 0.3) is 0 Å². The Morgan fingerprint density at radius 1 is 0.667 bits per heavy atom. The van der Waals surface area contributed by atoms with Crippen LogP contribution in [0.2, 0.25) is 0 Å². The van der Waals surface area contributed by atoms with E-state index in [1.165, 1.54) is 11.1 Å². The van der Waals surface area contributed by atoms with Gasteiger partial charge in [0, 0.05) is 0 Å². The van der Waals surface area contributed by atoms with Gasteiger partial charge in [-0.15, -0.1) is 0 Å². The smallest absolute Gasteiger partial charge is 0.423 e. The highest BCUT2D eigenvalue weighted by atomic mass is 16.4. The lowest BCUT2D eigenvalue weighted by molar-refractivity contribution is 0.426. The summed E-state index contributed by atoms with van der Waals surface area (Å²) in [7, 11) is -1.46. The van der Waals surface area contributed by atoms with Crippen LogP contribution in [-0.2, 0) is 0 Å². The van der Waals surface area contributed by atoms with Gasteiger partial charge in [0.1, 0.15) is 0 Å². The van der Waals surface area contributed by atoms with Crippen LogP contribution in [0, 0.1) is 6.92 Å². The third kappa shape index (κ3) is 4.11. The lowest BCUT2D eigenvalue weighted by Crippen LogP contribution is -2.31. The molecule has 0 amide bonds. The summed E-state index contributed by atoms with van der Waals surface area (Å²) >= 11 is 0. The first-order valence-electron chi connectivity index (χ1n) is 9.07. The fourth-order valence-electron chi connectivity index (χ4n) is 3.41. The van der Waals surface area contributed by atoms with Crippen molar-refractivity contribution in [2.45, 2.75) is 13.8 Å². The second kappa shape index (κ2) is 8.67. The number of hydrogen-bond acceptors (Lipinski definition) is 2. The van der Waals surface area contributed by atoms with Crippen molar-refractivity contribution in [1.82, 2.24) is 0 Å². The molecule has 3 heteroatoms. The van der Waals surface area contributed by atoms with Crippen LogP contribution in [0.15, 0.2) is 84.9 Å². The maximum absolute atomic E-state index is 9.67. The summed E-state index contributed by atoms with van der Waals surface area (Å²) in [5.74, 6) is 0. The molecule has 0 spiro atoms. The maximum atomic E-state index is 9.67. The quantitative estimate of drug-likeness (QED) is 0.405. The molecule has 4 rings (SSSR count). The average molecular weight is 354 g/mol. The van der Waals surface area contributed by atoms with Gasteiger partial charge in [-0.2, -0.15) is 0 Å². The SMILES string of the molecule is C/C=C\c1ccccc1.Cc1c2ccccc2c(B(O)O)c2ccccc12. The largest absolute Gasteiger partial charge is 0.489 e. The van der Waals surface area contributed by atoms with E-state index in [1.807, 2.05) is 79.7 Å². The second-order valence-electron chi connectivity index (χ2n) is 6.41. The van der Waals surface area contributed by atoms with E-state index >= 15 is 0 Å². The molecule has 0 saturated carbocycles. The third-order valence-corrected chi connectivity index (χ3v) is 4.66. The van der Waals surface area contributed by atoms with Crippen molar-refractivity contribution in [2.24, 2.45) is 0 Å². The molecule has 0 unspecified atom stereocenters. The Morgan fingerprint density at radius 3 is 1.56 bits per heavy atom. The van der Waals surface area contributed by atoms with E-state index in [4.69, 9.17) is 0 Å². The predicted octanol–water partition coefficient (Wildman–Crippen LogP) is 4.70. The monoisotopic (exact) mass is 354 g/mol. The molecule has 2 nitrogen and oxygen atoms in total. The summed E-state index contributed by atoms with van der Waals surface area (Å²) < 4.78 is 0. The number of benzene rings is 4. The molecule has 4 aromatic rings. The summed E-state index contributed by atoms with van der Waals surface area (Å²) in [6.07, 6.45) is 4.12. The van der Waals surface area contributed by atoms with Crippen LogP contribution in [0.3, 0.4) is 0 Å². The van der Waals surface area contributed by atoms with Gasteiger partial charge in [0.05, 0.1) is 0 Å². The summed E-state index contributed by atoms with van der Waals surface area (Å²) in [5.41, 5.74) is 3.03. The minimum Gasteiger partial charge on any atom is -0.423 e. The Balaban J connectivity index is 0.000000197. The molecule has 0 aliphatic rings. The Hall–Kier alpha value is -2.88. The van der Waals surface area contributed by atoms with Crippen molar-refractivity contribution in [3.63, 3.8) is 0 Å². The van der Waals surface area contributed by atoms with E-state index in [0.717, 1.165) is 21.5 Å². The molecule has 134 valence electrons. The van der Waals surface area contributed by atoms with Gasteiger partial charge >= 0.3 is 7.12 Å². The summed E-state index contributed by atoms with van der Waals surface area (Å²) in [6, 6.07) is 25.9. The van der Waals surface area contributed by atoms with Gasteiger partial charge in [-0.3, -0.25) is 0 Å². The Morgan fingerprint density at radius 2 is 1.11 bits per heavy atom. The molecule has 0 aromatic heterocycles. The van der Waals surface area contributed by atoms with Gasteiger partial charge in [-0.25, -0.2) is 0 Å². The summed E-state index contributed by atoms with van der Waals surface area (Å²) in [5, 5.41) is 23.3. The first-order valence-corrected chi connectivity index (χ1v) is 9.07. The van der Waals surface area contributed by atoms with Crippen molar-refractivity contribution in [1.29, 1.82) is 0 Å². The van der Waals surface area contributed by atoms with Gasteiger partial charge < -0.3 is 10.0 Å². The van der Waals surface area contributed by atoms with Crippen LogP contribution in [0.5, 0.6) is 0 Å². The van der Waals surface area contributed by atoms with Crippen LogP contribution < -0.4 is 5.46 Å². The van der Waals surface area contributed by atoms with E-state index in [-0.39, 0.29) is 0 Å². The Kier molecular flexibility index (Phi) is 6.07. The second-order valence-corrected chi connectivity index (χ2v) is 6.41. The van der Waals surface area contributed by atoms with E-state index in [0.29, 0.717) is 5.46 Å². The van der Waals surface area contributed by atoms with Crippen LogP contribution in [0.4, 0.5) is 0 Å². The molecule has 2 N–H and O–H groups in total. The summed E-state index contributed by atoms with van der Waals surface area (Å²) in [4.78, 5) is 0. The molecule has 0 radical (unpaired) electrons. The molecular weight excluding hydrogens is 331 g/mol. The molecule has 0 heterocycles. The first kappa shape index (κ1) is 18.9. The highest BCUT2D eigenvalue weighted by molar-refractivity contribution is 6.65. The number of hydrogen-bond donors (Lipinski definition) is 2. The van der Waals surface area contributed by atoms with Crippen LogP contribution in [0.25, 0.3) is 27.6 Å². The molecule has 0 fully saturated rings. The van der Waals surface area contributed by atoms with Gasteiger partial charge in [-0.05, 0) is 52.0 Å². The van der Waals surface area contributed by atoms with E-state index in [9.17, 15) is 10.0 Å². The fraction of sp³-hybridized carbons (Fsp3) is 0.0833. The minimum absolute atomic E-state index is 0.590. The molecule has 0 saturated heterocycles. The Labute approximate surface area is 160 Å². The number of allylic oxidation sites excluding steroid dienone is 1. The zero-order valence-electron chi connectivity index (χ0n) is 15.6. The zero-order chi connectivity index (χ0) is 19.2. The summed E-state index contributed by atoms with van der Waals surface area (Å²) in [6.45, 7) is 4.09. The average Bonchev–Trinajstić information content (AvgIpc) is 2.70. The Bertz CT molecular complexity index is 1010. The number of fused-ring (bicyclic) bond motifs is 2. The molecule has 0 atom stereocenters. The van der Waals surface area contributed by atoms with Crippen molar-refractivity contribution < 1.29 is 10.0 Å². The number of rotatable bonds is 2. The standard InChI is InChI=1S/C15H13BO2.C9H10/c1-10-11-6-2-4-8-13(11)15(16(17)18)14-9-5-3-7-12(10)14;1-2-6-9-7-4-3-5-8-9/h2-9,17-18H,1H3;2-8H,1H3/b;6-2-. The highest BCUT2D eigenvalue weighted by Crippen LogP contribution is 2.26. The third-order valence-electron chi connectivity index (χ3n) is 4.66. The lowest BCUT2D eigenvalue weighted by atomic mass is 9.73. The van der Waals surface area contributed by atoms with E-state index in [2.05, 4.69) is 25.1 Å². The highest BCUT2D eigenvalue weighted by Gasteiger charge is 2.19. The van der Waals surface area contributed by atoms with Crippen LogP contribution >= 0.6 is 0 Å². The molecular formula is C24H23BO2. The minimum atomic E-state index is -1.46. The van der Waals surface area contributed by atoms with Crippen molar-refractivity contribution in [2.75, 3.05) is 0 Å². The van der Waals surface area contributed by atoms with Crippen LogP contribution in [-0.4, -0.2) is 17.2 Å². The normalized spacial score (nSPS) is 10.8. The van der Waals surface area contributed by atoms with Gasteiger partial charge in [0.2, 0.25) is 0 Å². The van der Waals surface area contributed by atoms with Gasteiger partial charge in [0.15, 0.2) is 0 Å². The van der Waals surface area contributed by atoms with E-state index in [1.54, 1.807) is 0 Å². The molecule has 0 aliphatic heterocycles. The lowest BCUT2D eigenvalue weighted by Gasteiger charge is -2.13. The van der Waals surface area contributed by atoms with Crippen molar-refractivity contribution in [3.05, 3.63) is 96.1 Å². The van der Waals surface area contributed by atoms with Crippen molar-refractivity contribution >= 4 is 40.2 Å². The number of aryl methyl sites for hydroxylation is 1. The predicted molar refractivity (Wildman–Crippen MR) is 117 cm³/mol. The molecule has 27 heavy (non-hydrogen) atoms. The maximum Gasteiger partial charge on any atom is 0.489 e. The molecule has 4 aromatic carbocycles. The van der Waals surface area contributed by atoms with E-state index < -0.39 is 7.12 Å². The first-order chi connectivity index (χ1) is 13.1. The zero-order valence-corrected chi connectivity index (χ0v) is 15.6. The fourth-order valence-corrected chi connectivity index (χ4v) is 3.41. The van der Waals surface area contributed by atoms with Crippen molar-refractivity contribution in [3.8, 4) is 0 Å². The van der Waals surface area contributed by atoms with Crippen LogP contribution in [0.1, 0.15) is 18.1 Å². The molecule has 0 bridgehead atoms.